The second-order valence-electron chi connectivity index (χ2n) is 4.80. The van der Waals surface area contributed by atoms with E-state index < -0.39 is 0 Å². The van der Waals surface area contributed by atoms with Crippen LogP contribution in [-0.2, 0) is 0 Å². The van der Waals surface area contributed by atoms with Gasteiger partial charge >= 0.3 is 0 Å². The molecule has 0 saturated carbocycles. The molecule has 0 bridgehead atoms. The first-order chi connectivity index (χ1) is 10.1. The molecular formula is C17H19ClN2O. The highest BCUT2D eigenvalue weighted by atomic mass is 35.5. The fraction of sp³-hybridized carbons (Fsp3) is 0.235. The first-order valence-corrected chi connectivity index (χ1v) is 7.25. The standard InChI is InChI=1S/C17H19ClN2O/c1-4-20(3)12-19-16-10-13(2)17(11-15(16)18)21-14-8-6-5-7-9-14/h5-12H,4H2,1-3H3/b19-12-. The van der Waals surface area contributed by atoms with Gasteiger partial charge in [-0.1, -0.05) is 29.8 Å². The third kappa shape index (κ3) is 4.23. The number of ether oxygens (including phenoxy) is 1. The molecule has 0 amide bonds. The summed E-state index contributed by atoms with van der Waals surface area (Å²) in [5, 5.41) is 0.576. The normalized spacial score (nSPS) is 10.9. The molecule has 0 fully saturated rings. The Morgan fingerprint density at radius 2 is 1.95 bits per heavy atom. The zero-order chi connectivity index (χ0) is 15.2. The summed E-state index contributed by atoms with van der Waals surface area (Å²) in [7, 11) is 1.97. The summed E-state index contributed by atoms with van der Waals surface area (Å²) in [6.07, 6.45) is 1.78. The van der Waals surface area contributed by atoms with E-state index in [0.717, 1.165) is 29.3 Å². The largest absolute Gasteiger partial charge is 0.457 e. The molecule has 0 saturated heterocycles. The molecule has 0 N–H and O–H groups in total. The molecule has 0 heterocycles. The molecule has 0 unspecified atom stereocenters. The van der Waals surface area contributed by atoms with E-state index in [-0.39, 0.29) is 0 Å². The lowest BCUT2D eigenvalue weighted by molar-refractivity contribution is 0.479. The van der Waals surface area contributed by atoms with Crippen molar-refractivity contribution in [2.75, 3.05) is 13.6 Å². The van der Waals surface area contributed by atoms with Crippen molar-refractivity contribution in [1.82, 2.24) is 4.90 Å². The Hall–Kier alpha value is -2.00. The Labute approximate surface area is 130 Å². The van der Waals surface area contributed by atoms with E-state index in [9.17, 15) is 0 Å². The number of hydrogen-bond donors (Lipinski definition) is 0. The van der Waals surface area contributed by atoms with Crippen molar-refractivity contribution < 1.29 is 4.74 Å². The van der Waals surface area contributed by atoms with Crippen molar-refractivity contribution >= 4 is 23.6 Å². The van der Waals surface area contributed by atoms with E-state index in [2.05, 4.69) is 11.9 Å². The second-order valence-corrected chi connectivity index (χ2v) is 5.21. The van der Waals surface area contributed by atoms with Gasteiger partial charge in [-0.3, -0.25) is 0 Å². The predicted octanol–water partition coefficient (Wildman–Crippen LogP) is 5.05. The van der Waals surface area contributed by atoms with Crippen molar-refractivity contribution in [2.45, 2.75) is 13.8 Å². The van der Waals surface area contributed by atoms with Gasteiger partial charge in [0.1, 0.15) is 11.5 Å². The molecule has 21 heavy (non-hydrogen) atoms. The first-order valence-electron chi connectivity index (χ1n) is 6.87. The van der Waals surface area contributed by atoms with Gasteiger partial charge in [0.15, 0.2) is 0 Å². The number of halogens is 1. The van der Waals surface area contributed by atoms with E-state index in [4.69, 9.17) is 16.3 Å². The quantitative estimate of drug-likeness (QED) is 0.570. The molecule has 0 atom stereocenters. The number of benzene rings is 2. The van der Waals surface area contributed by atoms with Crippen LogP contribution in [0.15, 0.2) is 47.5 Å². The Morgan fingerprint density at radius 3 is 2.62 bits per heavy atom. The molecule has 2 rings (SSSR count). The minimum atomic E-state index is 0.576. The lowest BCUT2D eigenvalue weighted by Crippen LogP contribution is -2.14. The van der Waals surface area contributed by atoms with E-state index in [1.807, 2.05) is 61.3 Å². The van der Waals surface area contributed by atoms with Crippen LogP contribution < -0.4 is 4.74 Å². The number of aliphatic imine (C=N–C) groups is 1. The molecule has 2 aromatic carbocycles. The van der Waals surface area contributed by atoms with Crippen LogP contribution in [0.3, 0.4) is 0 Å². The summed E-state index contributed by atoms with van der Waals surface area (Å²) in [5.74, 6) is 1.53. The first kappa shape index (κ1) is 15.4. The van der Waals surface area contributed by atoms with Crippen LogP contribution in [0.4, 0.5) is 5.69 Å². The fourth-order valence-corrected chi connectivity index (χ4v) is 1.92. The molecule has 110 valence electrons. The number of hydrogen-bond acceptors (Lipinski definition) is 2. The Kier molecular flexibility index (Phi) is 5.23. The minimum absolute atomic E-state index is 0.576. The third-order valence-electron chi connectivity index (χ3n) is 3.11. The monoisotopic (exact) mass is 302 g/mol. The van der Waals surface area contributed by atoms with Gasteiger partial charge in [-0.15, -0.1) is 0 Å². The smallest absolute Gasteiger partial charge is 0.131 e. The van der Waals surface area contributed by atoms with Gasteiger partial charge in [-0.05, 0) is 37.6 Å². The van der Waals surface area contributed by atoms with E-state index >= 15 is 0 Å². The second kappa shape index (κ2) is 7.14. The minimum Gasteiger partial charge on any atom is -0.457 e. The Balaban J connectivity index is 2.23. The predicted molar refractivity (Wildman–Crippen MR) is 89.2 cm³/mol. The molecule has 0 aliphatic carbocycles. The maximum Gasteiger partial charge on any atom is 0.131 e. The average Bonchev–Trinajstić information content (AvgIpc) is 2.50. The van der Waals surface area contributed by atoms with E-state index in [1.54, 1.807) is 6.34 Å². The van der Waals surface area contributed by atoms with Gasteiger partial charge in [-0.25, -0.2) is 4.99 Å². The zero-order valence-electron chi connectivity index (χ0n) is 12.5. The summed E-state index contributed by atoms with van der Waals surface area (Å²) in [6, 6.07) is 13.4. The number of rotatable bonds is 5. The van der Waals surface area contributed by atoms with Gasteiger partial charge in [0.2, 0.25) is 0 Å². The summed E-state index contributed by atoms with van der Waals surface area (Å²) < 4.78 is 5.84. The fourth-order valence-electron chi connectivity index (χ4n) is 1.71. The van der Waals surface area contributed by atoms with Gasteiger partial charge < -0.3 is 9.64 Å². The highest BCUT2D eigenvalue weighted by molar-refractivity contribution is 6.33. The van der Waals surface area contributed by atoms with Gasteiger partial charge in [0.25, 0.3) is 0 Å². The van der Waals surface area contributed by atoms with Crippen molar-refractivity contribution in [3.63, 3.8) is 0 Å². The summed E-state index contributed by atoms with van der Waals surface area (Å²) in [5.41, 5.74) is 1.74. The Bertz CT molecular complexity index is 626. The van der Waals surface area contributed by atoms with Crippen LogP contribution in [-0.4, -0.2) is 24.8 Å². The van der Waals surface area contributed by atoms with Crippen LogP contribution >= 0.6 is 11.6 Å². The van der Waals surface area contributed by atoms with Gasteiger partial charge in [0, 0.05) is 19.7 Å². The SMILES string of the molecule is CCN(C)/C=N\c1cc(C)c(Oc2ccccc2)cc1Cl. The highest BCUT2D eigenvalue weighted by Gasteiger charge is 2.07. The summed E-state index contributed by atoms with van der Waals surface area (Å²) >= 11 is 6.28. The molecule has 0 aliphatic heterocycles. The maximum atomic E-state index is 6.28. The summed E-state index contributed by atoms with van der Waals surface area (Å²) in [4.78, 5) is 6.39. The number of para-hydroxylation sites is 1. The van der Waals surface area contributed by atoms with E-state index in [1.165, 1.54) is 0 Å². The van der Waals surface area contributed by atoms with Crippen molar-refractivity contribution in [1.29, 1.82) is 0 Å². The van der Waals surface area contributed by atoms with Crippen molar-refractivity contribution in [3.05, 3.63) is 53.1 Å². The average molecular weight is 303 g/mol. The molecule has 0 spiro atoms. The maximum absolute atomic E-state index is 6.28. The Morgan fingerprint density at radius 1 is 1.24 bits per heavy atom. The molecule has 0 aromatic heterocycles. The molecule has 2 aromatic rings. The van der Waals surface area contributed by atoms with Gasteiger partial charge in [0.05, 0.1) is 17.0 Å². The van der Waals surface area contributed by atoms with E-state index in [0.29, 0.717) is 5.02 Å². The van der Waals surface area contributed by atoms with Crippen LogP contribution in [0.25, 0.3) is 0 Å². The van der Waals surface area contributed by atoms with Crippen molar-refractivity contribution in [3.8, 4) is 11.5 Å². The third-order valence-corrected chi connectivity index (χ3v) is 3.41. The molecule has 4 heteroatoms. The van der Waals surface area contributed by atoms with Crippen molar-refractivity contribution in [2.24, 2.45) is 4.99 Å². The molecule has 0 aliphatic rings. The van der Waals surface area contributed by atoms with Gasteiger partial charge in [-0.2, -0.15) is 0 Å². The number of nitrogens with zero attached hydrogens (tertiary/aromatic N) is 2. The molecule has 3 nitrogen and oxygen atoms in total. The molecule has 0 radical (unpaired) electrons. The summed E-state index contributed by atoms with van der Waals surface area (Å²) in [6.45, 7) is 4.95. The van der Waals surface area contributed by atoms with Crippen LogP contribution in [0.5, 0.6) is 11.5 Å². The van der Waals surface area contributed by atoms with Crippen LogP contribution in [0.1, 0.15) is 12.5 Å². The lowest BCUT2D eigenvalue weighted by atomic mass is 10.2. The topological polar surface area (TPSA) is 24.8 Å². The number of aryl methyl sites for hydroxylation is 1. The highest BCUT2D eigenvalue weighted by Crippen LogP contribution is 2.34. The zero-order valence-corrected chi connectivity index (χ0v) is 13.3. The van der Waals surface area contributed by atoms with Crippen LogP contribution in [0.2, 0.25) is 5.02 Å². The van der Waals surface area contributed by atoms with Crippen LogP contribution in [0, 0.1) is 6.92 Å². The lowest BCUT2D eigenvalue weighted by Gasteiger charge is -2.12. The molecular weight excluding hydrogens is 284 g/mol.